The second kappa shape index (κ2) is 4.52. The van der Waals surface area contributed by atoms with Gasteiger partial charge in [0.05, 0.1) is 22.5 Å². The lowest BCUT2D eigenvalue weighted by atomic mass is 10.2. The first-order chi connectivity index (χ1) is 9.05. The van der Waals surface area contributed by atoms with Crippen LogP contribution >= 0.6 is 0 Å². The molecule has 3 rings (SSSR count). The Kier molecular flexibility index (Phi) is 2.97. The highest BCUT2D eigenvalue weighted by Gasteiger charge is 2.25. The van der Waals surface area contributed by atoms with E-state index in [9.17, 15) is 8.42 Å². The van der Waals surface area contributed by atoms with Crippen molar-refractivity contribution < 1.29 is 8.42 Å². The number of aryl methyl sites for hydroxylation is 1. The van der Waals surface area contributed by atoms with Crippen LogP contribution in [0.2, 0.25) is 0 Å². The molecule has 1 atom stereocenters. The monoisotopic (exact) mass is 279 g/mol. The molecule has 0 spiro atoms. The van der Waals surface area contributed by atoms with Crippen LogP contribution < -0.4 is 5.32 Å². The van der Waals surface area contributed by atoms with Crippen LogP contribution in [0.4, 0.5) is 5.95 Å². The number of para-hydroxylation sites is 2. The minimum absolute atomic E-state index is 0.0331. The predicted molar refractivity (Wildman–Crippen MR) is 76.0 cm³/mol. The van der Waals surface area contributed by atoms with Gasteiger partial charge >= 0.3 is 0 Å². The third-order valence-corrected chi connectivity index (χ3v) is 5.40. The van der Waals surface area contributed by atoms with Gasteiger partial charge in [0, 0.05) is 13.1 Å². The fraction of sp³-hybridized carbons (Fsp3) is 0.462. The molecule has 6 heteroatoms. The van der Waals surface area contributed by atoms with Crippen molar-refractivity contribution in [2.24, 2.45) is 7.05 Å². The Morgan fingerprint density at radius 2 is 2.16 bits per heavy atom. The Morgan fingerprint density at radius 3 is 2.89 bits per heavy atom. The summed E-state index contributed by atoms with van der Waals surface area (Å²) in [7, 11) is -0.955. The van der Waals surface area contributed by atoms with Gasteiger partial charge in [-0.1, -0.05) is 12.1 Å². The smallest absolute Gasteiger partial charge is 0.203 e. The zero-order valence-electron chi connectivity index (χ0n) is 10.8. The van der Waals surface area contributed by atoms with Crippen LogP contribution in [0.3, 0.4) is 0 Å². The van der Waals surface area contributed by atoms with Crippen molar-refractivity contribution in [3.8, 4) is 0 Å². The maximum atomic E-state index is 11.6. The maximum Gasteiger partial charge on any atom is 0.203 e. The fourth-order valence-corrected chi connectivity index (χ4v) is 4.23. The summed E-state index contributed by atoms with van der Waals surface area (Å²) in [6, 6.07) is 7.85. The number of aromatic nitrogens is 2. The van der Waals surface area contributed by atoms with Crippen LogP contribution in [-0.4, -0.2) is 35.5 Å². The van der Waals surface area contributed by atoms with E-state index in [4.69, 9.17) is 0 Å². The molecular weight excluding hydrogens is 262 g/mol. The lowest BCUT2D eigenvalue weighted by Crippen LogP contribution is -2.35. The molecule has 102 valence electrons. The summed E-state index contributed by atoms with van der Waals surface area (Å²) < 4.78 is 25.3. The summed E-state index contributed by atoms with van der Waals surface area (Å²) in [5.74, 6) is 1.26. The molecule has 1 aliphatic heterocycles. The summed E-state index contributed by atoms with van der Waals surface area (Å²) in [6.07, 6.45) is 1.60. The number of nitrogens with one attached hydrogen (secondary N) is 1. The minimum Gasteiger partial charge on any atom is -0.352 e. The molecule has 0 aliphatic carbocycles. The second-order valence-electron chi connectivity index (χ2n) is 5.08. The summed E-state index contributed by atoms with van der Waals surface area (Å²) in [5.41, 5.74) is 1.97. The van der Waals surface area contributed by atoms with E-state index in [1.165, 1.54) is 0 Å². The van der Waals surface area contributed by atoms with E-state index < -0.39 is 9.84 Å². The molecule has 0 radical (unpaired) electrons. The van der Waals surface area contributed by atoms with Crippen LogP contribution in [0.5, 0.6) is 0 Å². The third-order valence-electron chi connectivity index (χ3n) is 3.58. The number of nitrogens with zero attached hydrogens (tertiary/aromatic N) is 2. The number of anilines is 1. The fourth-order valence-electron chi connectivity index (χ4n) is 2.59. The SMILES string of the molecule is Cn1c(NC2CCCS(=O)(=O)C2)nc2ccccc21. The highest BCUT2D eigenvalue weighted by atomic mass is 32.2. The van der Waals surface area contributed by atoms with Gasteiger partial charge in [-0.25, -0.2) is 13.4 Å². The molecule has 1 N–H and O–H groups in total. The maximum absolute atomic E-state index is 11.6. The highest BCUT2D eigenvalue weighted by molar-refractivity contribution is 7.91. The summed E-state index contributed by atoms with van der Waals surface area (Å²) >= 11 is 0. The summed E-state index contributed by atoms with van der Waals surface area (Å²) in [5, 5.41) is 3.27. The van der Waals surface area contributed by atoms with Crippen molar-refractivity contribution in [3.63, 3.8) is 0 Å². The number of imidazole rings is 1. The first kappa shape index (κ1) is 12.5. The van der Waals surface area contributed by atoms with Crippen molar-refractivity contribution in [3.05, 3.63) is 24.3 Å². The van der Waals surface area contributed by atoms with E-state index in [1.54, 1.807) is 0 Å². The number of hydrogen-bond acceptors (Lipinski definition) is 4. The molecule has 0 saturated carbocycles. The van der Waals surface area contributed by atoms with Crippen LogP contribution in [0.25, 0.3) is 11.0 Å². The molecule has 1 unspecified atom stereocenters. The summed E-state index contributed by atoms with van der Waals surface area (Å²) in [6.45, 7) is 0. The standard InChI is InChI=1S/C13H17N3O2S/c1-16-12-7-3-2-6-11(12)15-13(16)14-10-5-4-8-19(17,18)9-10/h2-3,6-7,10H,4-5,8-9H2,1H3,(H,14,15). The molecular formula is C13H17N3O2S. The van der Waals surface area contributed by atoms with Crippen molar-refractivity contribution in [2.45, 2.75) is 18.9 Å². The van der Waals surface area contributed by atoms with Gasteiger partial charge in [-0.05, 0) is 25.0 Å². The molecule has 1 aromatic carbocycles. The van der Waals surface area contributed by atoms with Crippen LogP contribution in [0.15, 0.2) is 24.3 Å². The van der Waals surface area contributed by atoms with Gasteiger partial charge in [-0.3, -0.25) is 0 Å². The molecule has 19 heavy (non-hydrogen) atoms. The topological polar surface area (TPSA) is 64.0 Å². The molecule has 0 bridgehead atoms. The largest absolute Gasteiger partial charge is 0.352 e. The molecule has 2 heterocycles. The van der Waals surface area contributed by atoms with E-state index in [-0.39, 0.29) is 11.8 Å². The molecule has 1 fully saturated rings. The molecule has 0 amide bonds. The van der Waals surface area contributed by atoms with Crippen molar-refractivity contribution >= 4 is 26.8 Å². The van der Waals surface area contributed by atoms with Gasteiger partial charge in [0.15, 0.2) is 9.84 Å². The second-order valence-corrected chi connectivity index (χ2v) is 7.31. The average Bonchev–Trinajstić information content (AvgIpc) is 2.66. The molecule has 5 nitrogen and oxygen atoms in total. The molecule has 1 aliphatic rings. The zero-order chi connectivity index (χ0) is 13.5. The number of rotatable bonds is 2. The normalized spacial score (nSPS) is 22.5. The Morgan fingerprint density at radius 1 is 1.37 bits per heavy atom. The quantitative estimate of drug-likeness (QED) is 0.906. The van der Waals surface area contributed by atoms with Gasteiger partial charge in [0.2, 0.25) is 5.95 Å². The number of fused-ring (bicyclic) bond motifs is 1. The highest BCUT2D eigenvalue weighted by Crippen LogP contribution is 2.21. The number of hydrogen-bond donors (Lipinski definition) is 1. The van der Waals surface area contributed by atoms with Crippen LogP contribution in [0.1, 0.15) is 12.8 Å². The Labute approximate surface area is 112 Å². The van der Waals surface area contributed by atoms with Crippen molar-refractivity contribution in [2.75, 3.05) is 16.8 Å². The van der Waals surface area contributed by atoms with E-state index >= 15 is 0 Å². The average molecular weight is 279 g/mol. The van der Waals surface area contributed by atoms with Gasteiger partial charge in [0.1, 0.15) is 0 Å². The predicted octanol–water partition coefficient (Wildman–Crippen LogP) is 1.56. The zero-order valence-corrected chi connectivity index (χ0v) is 11.7. The molecule has 2 aromatic rings. The molecule has 1 saturated heterocycles. The Bertz CT molecular complexity index is 706. The van der Waals surface area contributed by atoms with Gasteiger partial charge in [0.25, 0.3) is 0 Å². The van der Waals surface area contributed by atoms with E-state index in [2.05, 4.69) is 10.3 Å². The van der Waals surface area contributed by atoms with Gasteiger partial charge in [-0.2, -0.15) is 0 Å². The minimum atomic E-state index is -2.89. The van der Waals surface area contributed by atoms with Crippen LogP contribution in [0, 0.1) is 0 Å². The Balaban J connectivity index is 1.87. The van der Waals surface area contributed by atoms with E-state index in [0.29, 0.717) is 5.75 Å². The Hall–Kier alpha value is -1.56. The lowest BCUT2D eigenvalue weighted by molar-refractivity contribution is 0.560. The first-order valence-electron chi connectivity index (χ1n) is 6.43. The number of benzene rings is 1. The first-order valence-corrected chi connectivity index (χ1v) is 8.26. The van der Waals surface area contributed by atoms with Crippen molar-refractivity contribution in [1.29, 1.82) is 0 Å². The van der Waals surface area contributed by atoms with E-state index in [0.717, 1.165) is 29.8 Å². The van der Waals surface area contributed by atoms with Gasteiger partial charge in [-0.15, -0.1) is 0 Å². The van der Waals surface area contributed by atoms with Crippen molar-refractivity contribution in [1.82, 2.24) is 9.55 Å². The molecule has 1 aromatic heterocycles. The number of sulfone groups is 1. The summed E-state index contributed by atoms with van der Waals surface area (Å²) in [4.78, 5) is 4.51. The van der Waals surface area contributed by atoms with E-state index in [1.807, 2.05) is 35.9 Å². The van der Waals surface area contributed by atoms with Gasteiger partial charge < -0.3 is 9.88 Å². The third kappa shape index (κ3) is 2.45. The lowest BCUT2D eigenvalue weighted by Gasteiger charge is -2.23. The van der Waals surface area contributed by atoms with Crippen LogP contribution in [-0.2, 0) is 16.9 Å².